The van der Waals surface area contributed by atoms with Gasteiger partial charge in [0.05, 0.1) is 0 Å². The molecular formula is C16H33N. The lowest BCUT2D eigenvalue weighted by Gasteiger charge is -2.35. The Morgan fingerprint density at radius 2 is 1.88 bits per heavy atom. The molecule has 0 aromatic heterocycles. The fraction of sp³-hybridized carbons (Fsp3) is 1.00. The highest BCUT2D eigenvalue weighted by atomic mass is 14.9. The molecule has 0 radical (unpaired) electrons. The molecule has 17 heavy (non-hydrogen) atoms. The van der Waals surface area contributed by atoms with Crippen LogP contribution in [0.3, 0.4) is 0 Å². The summed E-state index contributed by atoms with van der Waals surface area (Å²) in [5.41, 5.74) is 0. The topological polar surface area (TPSA) is 12.0 Å². The number of hydrogen-bond donors (Lipinski definition) is 1. The third kappa shape index (κ3) is 5.42. The molecule has 0 aliphatic heterocycles. The van der Waals surface area contributed by atoms with Crippen molar-refractivity contribution in [3.8, 4) is 0 Å². The van der Waals surface area contributed by atoms with Crippen LogP contribution in [0, 0.1) is 17.8 Å². The van der Waals surface area contributed by atoms with Crippen molar-refractivity contribution in [1.29, 1.82) is 0 Å². The van der Waals surface area contributed by atoms with Crippen LogP contribution in [0.1, 0.15) is 72.6 Å². The fourth-order valence-electron chi connectivity index (χ4n) is 3.35. The van der Waals surface area contributed by atoms with Crippen LogP contribution in [0.15, 0.2) is 0 Å². The molecule has 0 spiro atoms. The highest BCUT2D eigenvalue weighted by Crippen LogP contribution is 2.34. The highest BCUT2D eigenvalue weighted by Gasteiger charge is 2.27. The molecule has 3 atom stereocenters. The van der Waals surface area contributed by atoms with Crippen LogP contribution < -0.4 is 5.32 Å². The Kier molecular flexibility index (Phi) is 7.18. The van der Waals surface area contributed by atoms with Crippen LogP contribution in [0.4, 0.5) is 0 Å². The average molecular weight is 239 g/mol. The predicted molar refractivity (Wildman–Crippen MR) is 77.3 cm³/mol. The minimum absolute atomic E-state index is 0.789. The summed E-state index contributed by atoms with van der Waals surface area (Å²) in [6.07, 6.45) is 10.0. The van der Waals surface area contributed by atoms with Crippen molar-refractivity contribution in [2.24, 2.45) is 17.8 Å². The second kappa shape index (κ2) is 8.13. The van der Waals surface area contributed by atoms with E-state index in [0.717, 1.165) is 30.3 Å². The highest BCUT2D eigenvalue weighted by molar-refractivity contribution is 4.82. The van der Waals surface area contributed by atoms with E-state index in [1.807, 2.05) is 0 Å². The van der Waals surface area contributed by atoms with Crippen molar-refractivity contribution < 1.29 is 0 Å². The van der Waals surface area contributed by atoms with Gasteiger partial charge in [-0.1, -0.05) is 47.0 Å². The maximum atomic E-state index is 3.75. The third-order valence-electron chi connectivity index (χ3n) is 4.49. The first-order chi connectivity index (χ1) is 8.17. The molecule has 102 valence electrons. The molecule has 0 heterocycles. The zero-order valence-corrected chi connectivity index (χ0v) is 12.5. The summed E-state index contributed by atoms with van der Waals surface area (Å²) in [5.74, 6) is 2.81. The summed E-state index contributed by atoms with van der Waals surface area (Å²) in [6, 6.07) is 0.789. The lowest BCUT2D eigenvalue weighted by molar-refractivity contribution is 0.198. The molecule has 1 aliphatic rings. The molecule has 0 saturated heterocycles. The second-order valence-corrected chi connectivity index (χ2v) is 6.34. The minimum atomic E-state index is 0.789. The third-order valence-corrected chi connectivity index (χ3v) is 4.49. The van der Waals surface area contributed by atoms with Gasteiger partial charge in [0.25, 0.3) is 0 Å². The Morgan fingerprint density at radius 1 is 1.12 bits per heavy atom. The molecule has 1 N–H and O–H groups in total. The van der Waals surface area contributed by atoms with Gasteiger partial charge in [0, 0.05) is 6.04 Å². The van der Waals surface area contributed by atoms with Gasteiger partial charge in [-0.05, 0) is 50.0 Å². The predicted octanol–water partition coefficient (Wildman–Crippen LogP) is 4.62. The number of nitrogens with one attached hydrogen (secondary N) is 1. The van der Waals surface area contributed by atoms with E-state index in [1.54, 1.807) is 0 Å². The van der Waals surface area contributed by atoms with E-state index < -0.39 is 0 Å². The van der Waals surface area contributed by atoms with Crippen LogP contribution in [0.5, 0.6) is 0 Å². The second-order valence-electron chi connectivity index (χ2n) is 6.34. The first-order valence-electron chi connectivity index (χ1n) is 7.90. The summed E-state index contributed by atoms with van der Waals surface area (Å²) < 4.78 is 0. The van der Waals surface area contributed by atoms with Crippen molar-refractivity contribution in [2.45, 2.75) is 78.7 Å². The maximum Gasteiger partial charge on any atom is 0.00954 e. The van der Waals surface area contributed by atoms with Gasteiger partial charge in [-0.25, -0.2) is 0 Å². The Balaban J connectivity index is 2.44. The molecule has 3 unspecified atom stereocenters. The summed E-state index contributed by atoms with van der Waals surface area (Å²) in [6.45, 7) is 10.4. The Bertz CT molecular complexity index is 188. The van der Waals surface area contributed by atoms with E-state index >= 15 is 0 Å². The smallest absolute Gasteiger partial charge is 0.00954 e. The van der Waals surface area contributed by atoms with Gasteiger partial charge in [0.15, 0.2) is 0 Å². The largest absolute Gasteiger partial charge is 0.314 e. The average Bonchev–Trinajstić information content (AvgIpc) is 2.34. The van der Waals surface area contributed by atoms with Crippen LogP contribution >= 0.6 is 0 Å². The Morgan fingerprint density at radius 3 is 2.47 bits per heavy atom. The fourth-order valence-corrected chi connectivity index (χ4v) is 3.35. The van der Waals surface area contributed by atoms with Crippen molar-refractivity contribution >= 4 is 0 Å². The summed E-state index contributed by atoms with van der Waals surface area (Å²) in [7, 11) is 0. The van der Waals surface area contributed by atoms with Crippen molar-refractivity contribution in [1.82, 2.24) is 5.32 Å². The quantitative estimate of drug-likeness (QED) is 0.683. The summed E-state index contributed by atoms with van der Waals surface area (Å²) in [5, 5.41) is 3.75. The van der Waals surface area contributed by atoms with Gasteiger partial charge in [-0.2, -0.15) is 0 Å². The molecule has 0 aromatic carbocycles. The van der Waals surface area contributed by atoms with E-state index in [9.17, 15) is 0 Å². The maximum absolute atomic E-state index is 3.75. The van der Waals surface area contributed by atoms with E-state index in [0.29, 0.717) is 0 Å². The first kappa shape index (κ1) is 15.0. The molecule has 1 fully saturated rings. The van der Waals surface area contributed by atoms with Crippen molar-refractivity contribution in [2.75, 3.05) is 6.54 Å². The SMILES string of the molecule is CCNC(CCC(C)C)C1CCCC(CC)C1. The van der Waals surface area contributed by atoms with Gasteiger partial charge in [-0.3, -0.25) is 0 Å². The Labute approximate surface area is 109 Å². The molecule has 1 heteroatoms. The van der Waals surface area contributed by atoms with Gasteiger partial charge in [0.2, 0.25) is 0 Å². The van der Waals surface area contributed by atoms with E-state index in [4.69, 9.17) is 0 Å². The van der Waals surface area contributed by atoms with E-state index in [-0.39, 0.29) is 0 Å². The summed E-state index contributed by atoms with van der Waals surface area (Å²) in [4.78, 5) is 0. The number of hydrogen-bond acceptors (Lipinski definition) is 1. The van der Waals surface area contributed by atoms with Gasteiger partial charge >= 0.3 is 0 Å². The molecule has 1 nitrogen and oxygen atoms in total. The van der Waals surface area contributed by atoms with E-state index in [1.165, 1.54) is 44.9 Å². The van der Waals surface area contributed by atoms with Crippen LogP contribution in [-0.2, 0) is 0 Å². The van der Waals surface area contributed by atoms with Gasteiger partial charge in [0.1, 0.15) is 0 Å². The van der Waals surface area contributed by atoms with Crippen LogP contribution in [0.2, 0.25) is 0 Å². The van der Waals surface area contributed by atoms with Gasteiger partial charge in [-0.15, -0.1) is 0 Å². The normalized spacial score (nSPS) is 27.4. The molecule has 1 saturated carbocycles. The molecule has 1 rings (SSSR count). The first-order valence-corrected chi connectivity index (χ1v) is 7.90. The van der Waals surface area contributed by atoms with E-state index in [2.05, 4.69) is 33.0 Å². The zero-order chi connectivity index (χ0) is 12.7. The standard InChI is InChI=1S/C16H33N/c1-5-14-8-7-9-15(12-14)16(17-6-2)11-10-13(3)4/h13-17H,5-12H2,1-4H3. The van der Waals surface area contributed by atoms with Crippen molar-refractivity contribution in [3.63, 3.8) is 0 Å². The van der Waals surface area contributed by atoms with Crippen molar-refractivity contribution in [3.05, 3.63) is 0 Å². The Hall–Kier alpha value is -0.0400. The minimum Gasteiger partial charge on any atom is -0.314 e. The lowest BCUT2D eigenvalue weighted by atomic mass is 9.75. The molecule has 0 amide bonds. The molecule has 0 aromatic rings. The lowest BCUT2D eigenvalue weighted by Crippen LogP contribution is -2.38. The van der Waals surface area contributed by atoms with Gasteiger partial charge < -0.3 is 5.32 Å². The monoisotopic (exact) mass is 239 g/mol. The summed E-state index contributed by atoms with van der Waals surface area (Å²) >= 11 is 0. The molecule has 1 aliphatic carbocycles. The molecular weight excluding hydrogens is 206 g/mol. The van der Waals surface area contributed by atoms with Crippen LogP contribution in [0.25, 0.3) is 0 Å². The van der Waals surface area contributed by atoms with Crippen LogP contribution in [-0.4, -0.2) is 12.6 Å². The number of rotatable bonds is 7. The molecule has 0 bridgehead atoms. The zero-order valence-electron chi connectivity index (χ0n) is 12.5.